The summed E-state index contributed by atoms with van der Waals surface area (Å²) in [6.45, 7) is 0. The molecule has 0 unspecified atom stereocenters. The monoisotopic (exact) mass is 287 g/mol. The SMILES string of the molecule is Cn1nc2c(c1-c1cccc(Cl)c1)C[C@H]1CCC[C@@H]2N1. The number of rotatable bonds is 1. The van der Waals surface area contributed by atoms with Crippen molar-refractivity contribution >= 4 is 11.6 Å². The minimum Gasteiger partial charge on any atom is -0.305 e. The molecule has 2 aliphatic rings. The summed E-state index contributed by atoms with van der Waals surface area (Å²) in [5.74, 6) is 0. The molecule has 1 aromatic heterocycles. The molecule has 3 nitrogen and oxygen atoms in total. The summed E-state index contributed by atoms with van der Waals surface area (Å²) >= 11 is 6.15. The third-order valence-corrected chi connectivity index (χ3v) is 4.77. The van der Waals surface area contributed by atoms with Crippen LogP contribution in [0.15, 0.2) is 24.3 Å². The molecule has 104 valence electrons. The molecule has 2 aliphatic heterocycles. The molecule has 3 heterocycles. The van der Waals surface area contributed by atoms with Crippen molar-refractivity contribution in [2.75, 3.05) is 0 Å². The highest BCUT2D eigenvalue weighted by Gasteiger charge is 2.34. The molecule has 2 aromatic rings. The molecule has 4 heteroatoms. The lowest BCUT2D eigenvalue weighted by Crippen LogP contribution is -2.42. The van der Waals surface area contributed by atoms with Crippen molar-refractivity contribution in [1.82, 2.24) is 15.1 Å². The van der Waals surface area contributed by atoms with E-state index in [0.717, 1.165) is 11.4 Å². The Bertz CT molecular complexity index is 662. The highest BCUT2D eigenvalue weighted by Crippen LogP contribution is 2.38. The van der Waals surface area contributed by atoms with Crippen LogP contribution in [0.5, 0.6) is 0 Å². The maximum Gasteiger partial charge on any atom is 0.0833 e. The van der Waals surface area contributed by atoms with Gasteiger partial charge in [0.2, 0.25) is 0 Å². The third-order valence-electron chi connectivity index (χ3n) is 4.54. The second-order valence-corrected chi connectivity index (χ2v) is 6.33. The first-order chi connectivity index (χ1) is 9.72. The molecular formula is C16H18ClN3. The molecule has 2 bridgehead atoms. The summed E-state index contributed by atoms with van der Waals surface area (Å²) in [4.78, 5) is 0. The Labute approximate surface area is 123 Å². The van der Waals surface area contributed by atoms with Crippen molar-refractivity contribution in [2.24, 2.45) is 7.05 Å². The zero-order valence-corrected chi connectivity index (χ0v) is 12.3. The van der Waals surface area contributed by atoms with Gasteiger partial charge in [-0.25, -0.2) is 0 Å². The number of benzene rings is 1. The minimum absolute atomic E-state index is 0.441. The van der Waals surface area contributed by atoms with Gasteiger partial charge < -0.3 is 5.32 Å². The number of aryl methyl sites for hydroxylation is 1. The quantitative estimate of drug-likeness (QED) is 0.870. The maximum atomic E-state index is 6.15. The van der Waals surface area contributed by atoms with Crippen LogP contribution in [0, 0.1) is 0 Å². The van der Waals surface area contributed by atoms with E-state index in [1.54, 1.807) is 0 Å². The minimum atomic E-state index is 0.441. The Hall–Kier alpha value is -1.32. The molecule has 1 fully saturated rings. The molecule has 1 N–H and O–H groups in total. The van der Waals surface area contributed by atoms with E-state index < -0.39 is 0 Å². The van der Waals surface area contributed by atoms with Gasteiger partial charge in [0.25, 0.3) is 0 Å². The van der Waals surface area contributed by atoms with Crippen LogP contribution in [-0.4, -0.2) is 15.8 Å². The number of hydrogen-bond donors (Lipinski definition) is 1. The van der Waals surface area contributed by atoms with E-state index in [4.69, 9.17) is 16.7 Å². The fraction of sp³-hybridized carbons (Fsp3) is 0.438. The number of fused-ring (bicyclic) bond motifs is 4. The molecule has 2 atom stereocenters. The van der Waals surface area contributed by atoms with Gasteiger partial charge in [0, 0.05) is 29.2 Å². The average molecular weight is 288 g/mol. The molecule has 4 rings (SSSR count). The average Bonchev–Trinajstić information content (AvgIpc) is 2.76. The van der Waals surface area contributed by atoms with Crippen molar-refractivity contribution in [1.29, 1.82) is 0 Å². The van der Waals surface area contributed by atoms with Gasteiger partial charge in [0.1, 0.15) is 0 Å². The molecule has 1 aromatic carbocycles. The number of aromatic nitrogens is 2. The Morgan fingerprint density at radius 3 is 3.10 bits per heavy atom. The molecular weight excluding hydrogens is 270 g/mol. The van der Waals surface area contributed by atoms with Crippen LogP contribution < -0.4 is 5.32 Å². The van der Waals surface area contributed by atoms with Crippen molar-refractivity contribution < 1.29 is 0 Å². The zero-order chi connectivity index (χ0) is 13.7. The second kappa shape index (κ2) is 4.61. The Morgan fingerprint density at radius 1 is 1.35 bits per heavy atom. The van der Waals surface area contributed by atoms with Gasteiger partial charge in [-0.3, -0.25) is 4.68 Å². The highest BCUT2D eigenvalue weighted by atomic mass is 35.5. The molecule has 0 saturated carbocycles. The number of halogens is 1. The van der Waals surface area contributed by atoms with E-state index in [-0.39, 0.29) is 0 Å². The van der Waals surface area contributed by atoms with Crippen LogP contribution in [0.3, 0.4) is 0 Å². The third kappa shape index (κ3) is 1.88. The van der Waals surface area contributed by atoms with E-state index in [0.29, 0.717) is 12.1 Å². The molecule has 0 radical (unpaired) electrons. The van der Waals surface area contributed by atoms with Crippen molar-refractivity contribution in [3.8, 4) is 11.3 Å². The van der Waals surface area contributed by atoms with Crippen LogP contribution in [-0.2, 0) is 13.5 Å². The van der Waals surface area contributed by atoms with E-state index >= 15 is 0 Å². The number of piperidine rings is 1. The largest absolute Gasteiger partial charge is 0.305 e. The van der Waals surface area contributed by atoms with Crippen molar-refractivity contribution in [3.63, 3.8) is 0 Å². The number of nitrogens with one attached hydrogen (secondary N) is 1. The van der Waals surface area contributed by atoms with Gasteiger partial charge in [0.05, 0.1) is 17.4 Å². The maximum absolute atomic E-state index is 6.15. The molecule has 0 amide bonds. The van der Waals surface area contributed by atoms with Crippen LogP contribution in [0.4, 0.5) is 0 Å². The van der Waals surface area contributed by atoms with Gasteiger partial charge in [-0.15, -0.1) is 0 Å². The highest BCUT2D eigenvalue weighted by molar-refractivity contribution is 6.30. The van der Waals surface area contributed by atoms with Gasteiger partial charge >= 0.3 is 0 Å². The lowest BCUT2D eigenvalue weighted by atomic mass is 9.84. The van der Waals surface area contributed by atoms with Crippen LogP contribution >= 0.6 is 11.6 Å². The van der Waals surface area contributed by atoms with Gasteiger partial charge in [0.15, 0.2) is 0 Å². The summed E-state index contributed by atoms with van der Waals surface area (Å²) in [5.41, 5.74) is 5.08. The Kier molecular flexibility index (Phi) is 2.86. The normalized spacial score (nSPS) is 24.5. The molecule has 0 spiro atoms. The number of nitrogens with zero attached hydrogens (tertiary/aromatic N) is 2. The molecule has 1 saturated heterocycles. The fourth-order valence-corrected chi connectivity index (χ4v) is 3.90. The first kappa shape index (κ1) is 12.4. The van der Waals surface area contributed by atoms with E-state index in [9.17, 15) is 0 Å². The topological polar surface area (TPSA) is 29.9 Å². The summed E-state index contributed by atoms with van der Waals surface area (Å²) in [7, 11) is 2.04. The second-order valence-electron chi connectivity index (χ2n) is 5.90. The van der Waals surface area contributed by atoms with Crippen molar-refractivity contribution in [3.05, 3.63) is 40.5 Å². The fourth-order valence-electron chi connectivity index (χ4n) is 3.71. The molecule has 20 heavy (non-hydrogen) atoms. The Morgan fingerprint density at radius 2 is 2.25 bits per heavy atom. The Balaban J connectivity index is 1.87. The summed E-state index contributed by atoms with van der Waals surface area (Å²) < 4.78 is 2.03. The van der Waals surface area contributed by atoms with Crippen LogP contribution in [0.2, 0.25) is 5.02 Å². The summed E-state index contributed by atoms with van der Waals surface area (Å²) in [5, 5.41) is 9.28. The predicted molar refractivity (Wildman–Crippen MR) is 80.9 cm³/mol. The summed E-state index contributed by atoms with van der Waals surface area (Å²) in [6.07, 6.45) is 4.88. The standard InChI is InChI=1S/C16H18ClN3/c1-20-16(10-4-2-5-11(17)8-10)13-9-12-6-3-7-14(18-12)15(13)19-20/h2,4-5,8,12,14,18H,3,6-7,9H2,1H3/t12-,14+/m1/s1. The van der Waals surface area contributed by atoms with Gasteiger partial charge in [-0.2, -0.15) is 5.10 Å². The van der Waals surface area contributed by atoms with E-state index in [1.165, 1.54) is 41.8 Å². The van der Waals surface area contributed by atoms with Crippen LogP contribution in [0.25, 0.3) is 11.3 Å². The summed E-state index contributed by atoms with van der Waals surface area (Å²) in [6, 6.07) is 9.15. The first-order valence-electron chi connectivity index (χ1n) is 7.30. The predicted octanol–water partition coefficient (Wildman–Crippen LogP) is 3.48. The van der Waals surface area contributed by atoms with Gasteiger partial charge in [-0.1, -0.05) is 23.7 Å². The lowest BCUT2D eigenvalue weighted by Gasteiger charge is -2.35. The zero-order valence-electron chi connectivity index (χ0n) is 11.6. The van der Waals surface area contributed by atoms with E-state index in [1.807, 2.05) is 29.9 Å². The lowest BCUT2D eigenvalue weighted by molar-refractivity contribution is 0.297. The number of hydrogen-bond acceptors (Lipinski definition) is 2. The first-order valence-corrected chi connectivity index (χ1v) is 7.68. The van der Waals surface area contributed by atoms with E-state index in [2.05, 4.69) is 11.4 Å². The van der Waals surface area contributed by atoms with Crippen molar-refractivity contribution in [2.45, 2.75) is 37.8 Å². The molecule has 0 aliphatic carbocycles. The smallest absolute Gasteiger partial charge is 0.0833 e. The van der Waals surface area contributed by atoms with Crippen LogP contribution in [0.1, 0.15) is 36.6 Å². The van der Waals surface area contributed by atoms with Gasteiger partial charge in [-0.05, 0) is 37.8 Å².